The van der Waals surface area contributed by atoms with Crippen molar-refractivity contribution < 1.29 is 0 Å². The average Bonchev–Trinajstić information content (AvgIpc) is 1.67. The molecule has 0 aliphatic rings. The van der Waals surface area contributed by atoms with Gasteiger partial charge in [0.15, 0.2) is 0 Å². The summed E-state index contributed by atoms with van der Waals surface area (Å²) in [5.74, 6) is 0. The maximum atomic E-state index is 2.39. The lowest BCUT2D eigenvalue weighted by Gasteiger charge is -2.20. The van der Waals surface area contributed by atoms with Crippen LogP contribution in [0, 0.1) is 0 Å². The van der Waals surface area contributed by atoms with Gasteiger partial charge in [-0.1, -0.05) is 44.3 Å². The summed E-state index contributed by atoms with van der Waals surface area (Å²) < 4.78 is 0.731. The predicted octanol–water partition coefficient (Wildman–Crippen LogP) is 2.01. The summed E-state index contributed by atoms with van der Waals surface area (Å²) in [6.07, 6.45) is 4.15. The molecule has 0 aliphatic carbocycles. The molecule has 1 unspecified atom stereocenters. The van der Waals surface area contributed by atoms with Crippen LogP contribution >= 0.6 is 0 Å². The Hall–Kier alpha value is 0.532. The van der Waals surface area contributed by atoms with E-state index >= 15 is 0 Å². The minimum Gasteiger partial charge on any atom is -0.0826 e. The van der Waals surface area contributed by atoms with Gasteiger partial charge >= 0.3 is 0 Å². The first-order valence-corrected chi connectivity index (χ1v) is 4.62. The average molecular weight is 128 g/mol. The fourth-order valence-electron chi connectivity index (χ4n) is 0.854. The first-order valence-electron chi connectivity index (χ1n) is 3.62. The lowest BCUT2D eigenvalue weighted by molar-refractivity contribution is 0.534. The van der Waals surface area contributed by atoms with Gasteiger partial charge in [0.25, 0.3) is 0 Å². The van der Waals surface area contributed by atoms with E-state index in [0.717, 1.165) is 4.28 Å². The van der Waals surface area contributed by atoms with Crippen molar-refractivity contribution in [2.75, 3.05) is 0 Å². The molecule has 0 aromatic rings. The van der Waals surface area contributed by atoms with Crippen molar-refractivity contribution >= 4 is 16.3 Å². The van der Waals surface area contributed by atoms with E-state index in [0.29, 0.717) is 0 Å². The van der Waals surface area contributed by atoms with Crippen molar-refractivity contribution in [2.45, 2.75) is 44.3 Å². The fourth-order valence-corrected chi connectivity index (χ4v) is 1.35. The van der Waals surface area contributed by atoms with Crippen LogP contribution in [0.25, 0.3) is 0 Å². The summed E-state index contributed by atoms with van der Waals surface area (Å²) in [7, 11) is 0. The van der Waals surface area contributed by atoms with Crippen LogP contribution in [0.1, 0.15) is 40.0 Å². The van der Waals surface area contributed by atoms with Crippen molar-refractivity contribution in [3.63, 3.8) is 0 Å². The summed E-state index contributed by atoms with van der Waals surface area (Å²) in [5, 5.41) is 0. The Balaban J connectivity index is 3.37. The van der Waals surface area contributed by atoms with Gasteiger partial charge in [-0.25, -0.2) is 0 Å². The van der Waals surface area contributed by atoms with E-state index in [1.54, 1.807) is 0 Å². The molecule has 0 heterocycles. The maximum absolute atomic E-state index is 2.39. The van der Waals surface area contributed by atoms with Gasteiger partial charge in [-0.15, -0.1) is 0 Å². The first-order chi connectivity index (χ1) is 3.62. The molecule has 0 fully saturated rings. The molecule has 0 bridgehead atoms. The van der Waals surface area contributed by atoms with Gasteiger partial charge in [-0.3, -0.25) is 0 Å². The molecular formula is C7H17Al. The Morgan fingerprint density at radius 2 is 1.88 bits per heavy atom. The van der Waals surface area contributed by atoms with Gasteiger partial charge in [0, 0.05) is 0 Å². The second kappa shape index (κ2) is 3.54. The molecule has 0 saturated carbocycles. The molecule has 0 aliphatic heterocycles. The molecule has 8 heavy (non-hydrogen) atoms. The van der Waals surface area contributed by atoms with Gasteiger partial charge in [-0.2, -0.15) is 0 Å². The molecule has 1 heteroatoms. The molecule has 0 N–H and O–H groups in total. The van der Waals surface area contributed by atoms with Gasteiger partial charge in [0.2, 0.25) is 16.3 Å². The molecule has 1 atom stereocenters. The highest BCUT2D eigenvalue weighted by molar-refractivity contribution is 6.14. The third-order valence-corrected chi connectivity index (χ3v) is 3.09. The first kappa shape index (κ1) is 8.53. The second-order valence-electron chi connectivity index (χ2n) is 3.27. The molecule has 0 amide bonds. The van der Waals surface area contributed by atoms with Crippen molar-refractivity contribution in [1.82, 2.24) is 0 Å². The standard InChI is InChI=1S/C7H15.Al.2H/c1-4-6-7(3)5-2;;;/h4-6H2,1-3H3;;;. The topological polar surface area (TPSA) is 0 Å². The lowest BCUT2D eigenvalue weighted by atomic mass is 10.0. The fraction of sp³-hybridized carbons (Fsp3) is 1.00. The molecule has 0 radical (unpaired) electrons. The smallest absolute Gasteiger partial charge is 0.0826 e. The zero-order chi connectivity index (χ0) is 6.62. The molecule has 0 rings (SSSR count). The van der Waals surface area contributed by atoms with Crippen LogP contribution in [0.4, 0.5) is 0 Å². The lowest BCUT2D eigenvalue weighted by Crippen LogP contribution is -2.04. The van der Waals surface area contributed by atoms with Gasteiger partial charge in [-0.05, 0) is 0 Å². The molecule has 0 spiro atoms. The monoisotopic (exact) mass is 128 g/mol. The highest BCUT2D eigenvalue weighted by Crippen LogP contribution is 2.30. The molecule has 0 saturated heterocycles. The van der Waals surface area contributed by atoms with Crippen LogP contribution in [0.2, 0.25) is 4.28 Å². The van der Waals surface area contributed by atoms with E-state index in [1.807, 2.05) is 0 Å². The summed E-state index contributed by atoms with van der Waals surface area (Å²) in [4.78, 5) is 0. The minimum atomic E-state index is 0.731. The van der Waals surface area contributed by atoms with E-state index in [1.165, 1.54) is 35.6 Å². The minimum absolute atomic E-state index is 0.731. The third kappa shape index (κ3) is 3.52. The van der Waals surface area contributed by atoms with Crippen molar-refractivity contribution in [1.29, 1.82) is 0 Å². The number of rotatable bonds is 3. The van der Waals surface area contributed by atoms with Crippen LogP contribution in [-0.2, 0) is 0 Å². The molecular weight excluding hydrogens is 111 g/mol. The van der Waals surface area contributed by atoms with Crippen LogP contribution in [0.3, 0.4) is 0 Å². The number of hydrogen-bond acceptors (Lipinski definition) is 0. The van der Waals surface area contributed by atoms with Gasteiger partial charge < -0.3 is 0 Å². The Kier molecular flexibility index (Phi) is 3.77. The molecule has 48 valence electrons. The van der Waals surface area contributed by atoms with E-state index in [4.69, 9.17) is 0 Å². The normalized spacial score (nSPS) is 17.9. The van der Waals surface area contributed by atoms with Crippen LogP contribution in [0.5, 0.6) is 0 Å². The Labute approximate surface area is 61.1 Å². The summed E-state index contributed by atoms with van der Waals surface area (Å²) in [5.41, 5.74) is 0. The molecule has 0 aromatic carbocycles. The van der Waals surface area contributed by atoms with E-state index in [9.17, 15) is 0 Å². The summed E-state index contributed by atoms with van der Waals surface area (Å²) >= 11 is 1.36. The molecule has 0 aromatic heterocycles. The highest BCUT2D eigenvalue weighted by Gasteiger charge is 2.12. The second-order valence-corrected chi connectivity index (χ2v) is 5.68. The van der Waals surface area contributed by atoms with Crippen LogP contribution < -0.4 is 0 Å². The van der Waals surface area contributed by atoms with E-state index in [2.05, 4.69) is 20.8 Å². The number of hydrogen-bond donors (Lipinski definition) is 0. The Morgan fingerprint density at radius 3 is 2.00 bits per heavy atom. The largest absolute Gasteiger partial charge is 0.220 e. The Morgan fingerprint density at radius 1 is 1.38 bits per heavy atom. The van der Waals surface area contributed by atoms with Gasteiger partial charge in [0.05, 0.1) is 0 Å². The van der Waals surface area contributed by atoms with E-state index < -0.39 is 0 Å². The van der Waals surface area contributed by atoms with Crippen molar-refractivity contribution in [3.05, 3.63) is 0 Å². The zero-order valence-corrected chi connectivity index (χ0v) is 8.62. The summed E-state index contributed by atoms with van der Waals surface area (Å²) in [6, 6.07) is 0. The van der Waals surface area contributed by atoms with E-state index in [-0.39, 0.29) is 0 Å². The predicted molar refractivity (Wildman–Crippen MR) is 42.1 cm³/mol. The maximum Gasteiger partial charge on any atom is 0.220 e. The van der Waals surface area contributed by atoms with Crippen LogP contribution in [-0.4, -0.2) is 16.3 Å². The van der Waals surface area contributed by atoms with Crippen molar-refractivity contribution in [3.8, 4) is 0 Å². The van der Waals surface area contributed by atoms with Gasteiger partial charge in [0.1, 0.15) is 0 Å². The van der Waals surface area contributed by atoms with Crippen LogP contribution in [0.15, 0.2) is 0 Å². The SMILES string of the molecule is CCC[C](C)([AlH2])CC. The quantitative estimate of drug-likeness (QED) is 0.510. The zero-order valence-electron chi connectivity index (χ0n) is 6.62. The summed E-state index contributed by atoms with van der Waals surface area (Å²) in [6.45, 7) is 6.96. The third-order valence-electron chi connectivity index (χ3n) is 1.88. The van der Waals surface area contributed by atoms with Crippen molar-refractivity contribution in [2.24, 2.45) is 0 Å². The Bertz CT molecular complexity index is 57.4. The highest BCUT2D eigenvalue weighted by atomic mass is 27.0. The molecule has 0 nitrogen and oxygen atoms in total.